The Morgan fingerprint density at radius 1 is 1.25 bits per heavy atom. The summed E-state index contributed by atoms with van der Waals surface area (Å²) >= 11 is 0. The van der Waals surface area contributed by atoms with E-state index >= 15 is 0 Å². The van der Waals surface area contributed by atoms with Crippen molar-refractivity contribution in [3.05, 3.63) is 29.8 Å². The largest absolute Gasteiger partial charge is 0.487 e. The molecule has 1 aliphatic heterocycles. The summed E-state index contributed by atoms with van der Waals surface area (Å²) in [4.78, 5) is 0. The van der Waals surface area contributed by atoms with Crippen molar-refractivity contribution in [1.29, 1.82) is 0 Å². The highest BCUT2D eigenvalue weighted by atomic mass is 16.5. The number of ether oxygens (including phenoxy) is 1. The minimum atomic E-state index is -0.0794. The Morgan fingerprint density at radius 2 is 2.00 bits per heavy atom. The maximum absolute atomic E-state index is 6.07. The highest BCUT2D eigenvalue weighted by Gasteiger charge is 2.32. The van der Waals surface area contributed by atoms with E-state index in [1.807, 2.05) is 0 Å². The van der Waals surface area contributed by atoms with Gasteiger partial charge >= 0.3 is 0 Å². The summed E-state index contributed by atoms with van der Waals surface area (Å²) < 4.78 is 6.07. The van der Waals surface area contributed by atoms with Crippen LogP contribution < -0.4 is 10.1 Å². The molecule has 0 spiro atoms. The topological polar surface area (TPSA) is 21.3 Å². The average Bonchev–Trinajstić information content (AvgIpc) is 2.36. The number of unbranched alkanes of at least 4 members (excludes halogenated alkanes) is 1. The van der Waals surface area contributed by atoms with Crippen molar-refractivity contribution in [2.24, 2.45) is 5.92 Å². The first-order chi connectivity index (χ1) is 9.48. The molecule has 0 saturated carbocycles. The summed E-state index contributed by atoms with van der Waals surface area (Å²) in [6, 6.07) is 8.86. The number of rotatable bonds is 6. The Morgan fingerprint density at radius 3 is 2.75 bits per heavy atom. The molecule has 20 heavy (non-hydrogen) atoms. The van der Waals surface area contributed by atoms with Crippen LogP contribution in [0.25, 0.3) is 0 Å². The number of para-hydroxylation sites is 1. The first-order valence-corrected chi connectivity index (χ1v) is 7.99. The molecule has 2 nitrogen and oxygen atoms in total. The van der Waals surface area contributed by atoms with Crippen LogP contribution in [0.3, 0.4) is 0 Å². The Kier molecular flexibility index (Phi) is 5.09. The van der Waals surface area contributed by atoms with Gasteiger partial charge in [0, 0.05) is 18.0 Å². The molecule has 0 amide bonds. The van der Waals surface area contributed by atoms with Crippen molar-refractivity contribution in [3.8, 4) is 5.75 Å². The molecule has 1 aromatic carbocycles. The summed E-state index contributed by atoms with van der Waals surface area (Å²) in [6.45, 7) is 10.0. The first kappa shape index (κ1) is 15.4. The summed E-state index contributed by atoms with van der Waals surface area (Å²) in [5, 5.41) is 3.73. The molecule has 0 aliphatic carbocycles. The fourth-order valence-corrected chi connectivity index (χ4v) is 2.94. The number of hydrogen-bond donors (Lipinski definition) is 1. The predicted octanol–water partition coefficient (Wildman–Crippen LogP) is 4.70. The third kappa shape index (κ3) is 4.24. The second-order valence-corrected chi connectivity index (χ2v) is 7.00. The molecule has 0 saturated heterocycles. The van der Waals surface area contributed by atoms with Gasteiger partial charge in [0.25, 0.3) is 0 Å². The quantitative estimate of drug-likeness (QED) is 0.759. The molecule has 1 atom stereocenters. The van der Waals surface area contributed by atoms with Crippen molar-refractivity contribution < 1.29 is 4.74 Å². The molecule has 112 valence electrons. The SMILES string of the molecule is CC(C)CCCCNC1CC(C)(C)Oc2ccccc21. The lowest BCUT2D eigenvalue weighted by Crippen LogP contribution is -2.39. The summed E-state index contributed by atoms with van der Waals surface area (Å²) in [7, 11) is 0. The third-order valence-electron chi connectivity index (χ3n) is 3.98. The molecule has 0 bridgehead atoms. The van der Waals surface area contributed by atoms with Crippen LogP contribution in [0.2, 0.25) is 0 Å². The maximum Gasteiger partial charge on any atom is 0.124 e. The van der Waals surface area contributed by atoms with Gasteiger partial charge in [0.15, 0.2) is 0 Å². The highest BCUT2D eigenvalue weighted by molar-refractivity contribution is 5.38. The molecule has 0 aromatic heterocycles. The molecular weight excluding hydrogens is 246 g/mol. The lowest BCUT2D eigenvalue weighted by Gasteiger charge is -2.38. The number of benzene rings is 1. The van der Waals surface area contributed by atoms with Crippen LogP contribution >= 0.6 is 0 Å². The Balaban J connectivity index is 1.90. The molecule has 1 unspecified atom stereocenters. The van der Waals surface area contributed by atoms with Gasteiger partial charge in [-0.1, -0.05) is 44.9 Å². The molecule has 0 radical (unpaired) electrons. The van der Waals surface area contributed by atoms with E-state index in [2.05, 4.69) is 57.3 Å². The molecule has 1 heterocycles. The van der Waals surface area contributed by atoms with Crippen LogP contribution in [0.1, 0.15) is 65.0 Å². The van der Waals surface area contributed by atoms with E-state index in [0.717, 1.165) is 24.6 Å². The molecule has 1 aromatic rings. The third-order valence-corrected chi connectivity index (χ3v) is 3.98. The molecular formula is C18H29NO. The lowest BCUT2D eigenvalue weighted by molar-refractivity contribution is 0.0660. The van der Waals surface area contributed by atoms with Gasteiger partial charge in [0.05, 0.1) is 0 Å². The summed E-state index contributed by atoms with van der Waals surface area (Å²) in [5.74, 6) is 1.86. The fourth-order valence-electron chi connectivity index (χ4n) is 2.94. The number of nitrogens with one attached hydrogen (secondary N) is 1. The average molecular weight is 275 g/mol. The van der Waals surface area contributed by atoms with Gasteiger partial charge in [0.1, 0.15) is 11.4 Å². The first-order valence-electron chi connectivity index (χ1n) is 7.99. The van der Waals surface area contributed by atoms with E-state index in [1.54, 1.807) is 0 Å². The predicted molar refractivity (Wildman–Crippen MR) is 85.2 cm³/mol. The maximum atomic E-state index is 6.07. The van der Waals surface area contributed by atoms with E-state index in [-0.39, 0.29) is 5.60 Å². The van der Waals surface area contributed by atoms with E-state index in [1.165, 1.54) is 24.8 Å². The second kappa shape index (κ2) is 6.62. The van der Waals surface area contributed by atoms with Crippen LogP contribution in [0.5, 0.6) is 5.75 Å². The Hall–Kier alpha value is -1.02. The minimum Gasteiger partial charge on any atom is -0.487 e. The van der Waals surface area contributed by atoms with Gasteiger partial charge in [-0.05, 0) is 38.8 Å². The molecule has 1 aliphatic rings. The standard InChI is InChI=1S/C18H29NO/c1-14(2)9-7-8-12-19-16-13-18(3,4)20-17-11-6-5-10-15(16)17/h5-6,10-11,14,16,19H,7-9,12-13H2,1-4H3. The number of hydrogen-bond acceptors (Lipinski definition) is 2. The summed E-state index contributed by atoms with van der Waals surface area (Å²) in [6.07, 6.45) is 4.95. The van der Waals surface area contributed by atoms with Gasteiger partial charge in [0.2, 0.25) is 0 Å². The Labute approximate surface area is 123 Å². The van der Waals surface area contributed by atoms with Crippen LogP contribution in [0.4, 0.5) is 0 Å². The van der Waals surface area contributed by atoms with Crippen molar-refractivity contribution in [1.82, 2.24) is 5.32 Å². The normalized spacial score (nSPS) is 20.6. The van der Waals surface area contributed by atoms with Crippen molar-refractivity contribution >= 4 is 0 Å². The van der Waals surface area contributed by atoms with Crippen molar-refractivity contribution in [2.75, 3.05) is 6.54 Å². The van der Waals surface area contributed by atoms with Gasteiger partial charge in [-0.15, -0.1) is 0 Å². The van der Waals surface area contributed by atoms with Crippen molar-refractivity contribution in [2.45, 2.75) is 65.0 Å². The van der Waals surface area contributed by atoms with Crippen LogP contribution in [-0.4, -0.2) is 12.1 Å². The smallest absolute Gasteiger partial charge is 0.124 e. The van der Waals surface area contributed by atoms with Gasteiger partial charge < -0.3 is 10.1 Å². The van der Waals surface area contributed by atoms with Gasteiger partial charge in [-0.3, -0.25) is 0 Å². The molecule has 1 N–H and O–H groups in total. The molecule has 2 rings (SSSR count). The van der Waals surface area contributed by atoms with Gasteiger partial charge in [-0.2, -0.15) is 0 Å². The molecule has 0 fully saturated rings. The zero-order valence-electron chi connectivity index (χ0n) is 13.4. The monoisotopic (exact) mass is 275 g/mol. The van der Waals surface area contributed by atoms with Crippen molar-refractivity contribution in [3.63, 3.8) is 0 Å². The zero-order chi connectivity index (χ0) is 14.6. The van der Waals surface area contributed by atoms with E-state index in [0.29, 0.717) is 6.04 Å². The Bertz CT molecular complexity index is 425. The summed E-state index contributed by atoms with van der Waals surface area (Å²) in [5.41, 5.74) is 1.24. The van der Waals surface area contributed by atoms with E-state index in [9.17, 15) is 0 Å². The van der Waals surface area contributed by atoms with Crippen LogP contribution in [0, 0.1) is 5.92 Å². The minimum absolute atomic E-state index is 0.0794. The zero-order valence-corrected chi connectivity index (χ0v) is 13.4. The number of fused-ring (bicyclic) bond motifs is 1. The van der Waals surface area contributed by atoms with E-state index in [4.69, 9.17) is 4.74 Å². The highest BCUT2D eigenvalue weighted by Crippen LogP contribution is 2.39. The second-order valence-electron chi connectivity index (χ2n) is 7.00. The molecule has 2 heteroatoms. The van der Waals surface area contributed by atoms with E-state index < -0.39 is 0 Å². The van der Waals surface area contributed by atoms with Crippen LogP contribution in [-0.2, 0) is 0 Å². The van der Waals surface area contributed by atoms with Crippen LogP contribution in [0.15, 0.2) is 24.3 Å². The lowest BCUT2D eigenvalue weighted by atomic mass is 9.89. The van der Waals surface area contributed by atoms with Gasteiger partial charge in [-0.25, -0.2) is 0 Å². The fraction of sp³-hybridized carbons (Fsp3) is 0.667.